The van der Waals surface area contributed by atoms with Crippen molar-refractivity contribution in [1.82, 2.24) is 15.2 Å². The summed E-state index contributed by atoms with van der Waals surface area (Å²) in [5.74, 6) is 1.56. The number of hydrogen-bond donors (Lipinski definition) is 2. The summed E-state index contributed by atoms with van der Waals surface area (Å²) < 4.78 is 12.1. The minimum atomic E-state index is -0.547. The third kappa shape index (κ3) is 5.05. The molecular weight excluding hydrogens is 378 g/mol. The molecule has 0 fully saturated rings. The molecule has 0 amide bonds. The van der Waals surface area contributed by atoms with Crippen LogP contribution in [0.1, 0.15) is 25.8 Å². The first kappa shape index (κ1) is 17.9. The van der Waals surface area contributed by atoms with Gasteiger partial charge in [-0.2, -0.15) is 15.2 Å². The maximum Gasteiger partial charge on any atom is 0.363 e. The van der Waals surface area contributed by atoms with Crippen LogP contribution >= 0.6 is 15.9 Å². The first-order chi connectivity index (χ1) is 11.6. The van der Waals surface area contributed by atoms with E-state index < -0.39 is 5.69 Å². The quantitative estimate of drug-likeness (QED) is 0.525. The van der Waals surface area contributed by atoms with Crippen molar-refractivity contribution in [2.45, 2.75) is 20.3 Å². The molecule has 24 heavy (non-hydrogen) atoms. The van der Waals surface area contributed by atoms with Gasteiger partial charge in [-0.1, -0.05) is 6.92 Å². The SMILES string of the molecule is CCCOc1c(Br)cc(/C=N/Nc2cn[nH]c(=O)n2)cc1OCC. The summed E-state index contributed by atoms with van der Waals surface area (Å²) in [4.78, 5) is 14.7. The number of H-pyrrole nitrogens is 1. The molecule has 128 valence electrons. The average Bonchev–Trinajstić information content (AvgIpc) is 2.54. The normalized spacial score (nSPS) is 10.8. The van der Waals surface area contributed by atoms with Gasteiger partial charge in [0, 0.05) is 0 Å². The molecule has 0 spiro atoms. The minimum Gasteiger partial charge on any atom is -0.490 e. The predicted octanol–water partition coefficient (Wildman–Crippen LogP) is 2.56. The van der Waals surface area contributed by atoms with Crippen LogP contribution in [0.5, 0.6) is 11.5 Å². The van der Waals surface area contributed by atoms with Crippen molar-refractivity contribution in [3.8, 4) is 11.5 Å². The number of halogens is 1. The standard InChI is InChI=1S/C15H18BrN5O3/c1-3-5-24-14-11(16)6-10(7-12(14)23-4-2)8-17-20-13-9-18-21-15(22)19-13/h6-9H,3-5H2,1-2H3,(H2,19,20,21,22)/b17-8+. The molecule has 9 heteroatoms. The molecule has 1 aromatic heterocycles. The molecule has 0 aliphatic rings. The number of aromatic amines is 1. The molecule has 0 bridgehead atoms. The Labute approximate surface area is 147 Å². The van der Waals surface area contributed by atoms with Crippen LogP contribution in [0, 0.1) is 0 Å². The number of anilines is 1. The Morgan fingerprint density at radius 1 is 1.38 bits per heavy atom. The fourth-order valence-electron chi connectivity index (χ4n) is 1.81. The second-order valence-electron chi connectivity index (χ2n) is 4.65. The zero-order valence-electron chi connectivity index (χ0n) is 13.4. The van der Waals surface area contributed by atoms with E-state index in [1.54, 1.807) is 6.21 Å². The lowest BCUT2D eigenvalue weighted by Gasteiger charge is -2.14. The van der Waals surface area contributed by atoms with E-state index in [1.165, 1.54) is 6.20 Å². The van der Waals surface area contributed by atoms with Gasteiger partial charge in [0.25, 0.3) is 0 Å². The predicted molar refractivity (Wildman–Crippen MR) is 95.0 cm³/mol. The van der Waals surface area contributed by atoms with Crippen molar-refractivity contribution in [1.29, 1.82) is 0 Å². The molecular formula is C15H18BrN5O3. The number of rotatable bonds is 8. The Hall–Kier alpha value is -2.42. The van der Waals surface area contributed by atoms with Gasteiger partial charge in [-0.15, -0.1) is 0 Å². The lowest BCUT2D eigenvalue weighted by atomic mass is 10.2. The highest BCUT2D eigenvalue weighted by Crippen LogP contribution is 2.36. The maximum absolute atomic E-state index is 11.1. The van der Waals surface area contributed by atoms with Crippen LogP contribution in [0.2, 0.25) is 0 Å². The minimum absolute atomic E-state index is 0.252. The summed E-state index contributed by atoms with van der Waals surface area (Å²) in [6.45, 7) is 5.08. The van der Waals surface area contributed by atoms with Gasteiger partial charge in [-0.05, 0) is 47.0 Å². The second-order valence-corrected chi connectivity index (χ2v) is 5.51. The maximum atomic E-state index is 11.1. The smallest absolute Gasteiger partial charge is 0.363 e. The van der Waals surface area contributed by atoms with Crippen molar-refractivity contribution in [3.63, 3.8) is 0 Å². The fraction of sp³-hybridized carbons (Fsp3) is 0.333. The lowest BCUT2D eigenvalue weighted by molar-refractivity contribution is 0.275. The van der Waals surface area contributed by atoms with Gasteiger partial charge >= 0.3 is 5.69 Å². The van der Waals surface area contributed by atoms with Crippen LogP contribution in [0.4, 0.5) is 5.82 Å². The van der Waals surface area contributed by atoms with Crippen molar-refractivity contribution < 1.29 is 9.47 Å². The highest BCUT2D eigenvalue weighted by atomic mass is 79.9. The summed E-state index contributed by atoms with van der Waals surface area (Å²) in [5, 5.41) is 9.85. The summed E-state index contributed by atoms with van der Waals surface area (Å²) in [5.41, 5.74) is 2.89. The molecule has 0 saturated heterocycles. The number of benzene rings is 1. The van der Waals surface area contributed by atoms with Crippen LogP contribution in [0.25, 0.3) is 0 Å². The van der Waals surface area contributed by atoms with Gasteiger partial charge in [0.15, 0.2) is 17.3 Å². The van der Waals surface area contributed by atoms with Gasteiger partial charge in [-0.3, -0.25) is 5.43 Å². The van der Waals surface area contributed by atoms with E-state index in [2.05, 4.69) is 41.6 Å². The fourth-order valence-corrected chi connectivity index (χ4v) is 2.38. The van der Waals surface area contributed by atoms with E-state index in [9.17, 15) is 4.79 Å². The molecule has 2 aromatic rings. The number of aromatic nitrogens is 3. The van der Waals surface area contributed by atoms with Crippen LogP contribution in [0.3, 0.4) is 0 Å². The Bertz CT molecular complexity index is 763. The number of hydrogen-bond acceptors (Lipinski definition) is 7. The highest BCUT2D eigenvalue weighted by Gasteiger charge is 2.11. The molecule has 2 rings (SSSR count). The molecule has 8 nitrogen and oxygen atoms in total. The third-order valence-electron chi connectivity index (χ3n) is 2.74. The van der Waals surface area contributed by atoms with E-state index in [-0.39, 0.29) is 5.82 Å². The van der Waals surface area contributed by atoms with Crippen LogP contribution in [-0.4, -0.2) is 34.6 Å². The highest BCUT2D eigenvalue weighted by molar-refractivity contribution is 9.10. The molecule has 0 aliphatic carbocycles. The van der Waals surface area contributed by atoms with Crippen molar-refractivity contribution in [2.75, 3.05) is 18.6 Å². The summed E-state index contributed by atoms with van der Waals surface area (Å²) in [7, 11) is 0. The van der Waals surface area contributed by atoms with E-state index >= 15 is 0 Å². The van der Waals surface area contributed by atoms with Crippen LogP contribution in [0.15, 0.2) is 32.7 Å². The number of hydrazone groups is 1. The first-order valence-corrected chi connectivity index (χ1v) is 8.23. The van der Waals surface area contributed by atoms with Gasteiger partial charge < -0.3 is 9.47 Å². The molecule has 2 N–H and O–H groups in total. The van der Waals surface area contributed by atoms with Crippen molar-refractivity contribution in [3.05, 3.63) is 38.9 Å². The van der Waals surface area contributed by atoms with E-state index in [1.807, 2.05) is 26.0 Å². The lowest BCUT2D eigenvalue weighted by Crippen LogP contribution is -2.13. The Balaban J connectivity index is 2.17. The largest absolute Gasteiger partial charge is 0.490 e. The molecule has 0 radical (unpaired) electrons. The number of nitrogens with one attached hydrogen (secondary N) is 2. The first-order valence-electron chi connectivity index (χ1n) is 7.44. The molecule has 0 unspecified atom stereocenters. The van der Waals surface area contributed by atoms with Crippen molar-refractivity contribution in [2.24, 2.45) is 5.10 Å². The third-order valence-corrected chi connectivity index (χ3v) is 3.33. The van der Waals surface area contributed by atoms with E-state index in [0.717, 1.165) is 16.5 Å². The molecule has 1 heterocycles. The molecule has 0 saturated carbocycles. The zero-order valence-corrected chi connectivity index (χ0v) is 15.0. The van der Waals surface area contributed by atoms with Gasteiger partial charge in [0.1, 0.15) is 0 Å². The number of nitrogens with zero attached hydrogens (tertiary/aromatic N) is 3. The number of ether oxygens (including phenoxy) is 2. The van der Waals surface area contributed by atoms with E-state index in [4.69, 9.17) is 9.47 Å². The molecule has 0 atom stereocenters. The topological polar surface area (TPSA) is 101 Å². The monoisotopic (exact) mass is 395 g/mol. The van der Waals surface area contributed by atoms with Gasteiger partial charge in [0.05, 0.1) is 30.1 Å². The summed E-state index contributed by atoms with van der Waals surface area (Å²) >= 11 is 3.49. The summed E-state index contributed by atoms with van der Waals surface area (Å²) in [6, 6.07) is 3.69. The van der Waals surface area contributed by atoms with Crippen LogP contribution in [-0.2, 0) is 0 Å². The Morgan fingerprint density at radius 3 is 2.92 bits per heavy atom. The second kappa shape index (κ2) is 9.02. The molecule has 0 aliphatic heterocycles. The van der Waals surface area contributed by atoms with E-state index in [0.29, 0.717) is 24.7 Å². The van der Waals surface area contributed by atoms with Crippen LogP contribution < -0.4 is 20.6 Å². The van der Waals surface area contributed by atoms with Crippen molar-refractivity contribution >= 4 is 28.0 Å². The summed E-state index contributed by atoms with van der Waals surface area (Å²) in [6.07, 6.45) is 3.85. The Kier molecular flexibility index (Phi) is 6.74. The average molecular weight is 396 g/mol. The molecule has 1 aromatic carbocycles. The van der Waals surface area contributed by atoms with Gasteiger partial charge in [0.2, 0.25) is 0 Å². The Morgan fingerprint density at radius 2 is 2.21 bits per heavy atom. The van der Waals surface area contributed by atoms with Gasteiger partial charge in [-0.25, -0.2) is 9.89 Å². The zero-order chi connectivity index (χ0) is 17.4.